The number of nitrogens with zero attached hydrogens (tertiary/aromatic N) is 1. The molecule has 0 aliphatic heterocycles. The van der Waals surface area contributed by atoms with E-state index >= 15 is 0 Å². The zero-order valence-corrected chi connectivity index (χ0v) is 13.8. The van der Waals surface area contributed by atoms with E-state index in [2.05, 4.69) is 4.99 Å². The Morgan fingerprint density at radius 3 is 2.57 bits per heavy atom. The third kappa shape index (κ3) is 5.03. The molecular formula is C17H18N2O3S. The highest BCUT2D eigenvalue weighted by Gasteiger charge is 2.06. The van der Waals surface area contributed by atoms with Crippen molar-refractivity contribution in [2.75, 3.05) is 14.2 Å². The Labute approximate surface area is 139 Å². The average molecular weight is 330 g/mol. The van der Waals surface area contributed by atoms with Crippen molar-refractivity contribution in [3.63, 3.8) is 0 Å². The number of aliphatic imine (C=N–C) groups is 1. The van der Waals surface area contributed by atoms with Crippen LogP contribution in [0.4, 0.5) is 5.69 Å². The lowest BCUT2D eigenvalue weighted by Crippen LogP contribution is -2.06. The number of methoxy groups -OCH3 is 2. The van der Waals surface area contributed by atoms with Crippen LogP contribution in [0.25, 0.3) is 0 Å². The third-order valence-electron chi connectivity index (χ3n) is 3.05. The van der Waals surface area contributed by atoms with Gasteiger partial charge in [0.15, 0.2) is 5.17 Å². The number of rotatable bonds is 5. The molecule has 0 bridgehead atoms. The predicted molar refractivity (Wildman–Crippen MR) is 93.4 cm³/mol. The Hall–Kier alpha value is -2.47. The molecule has 2 aromatic carbocycles. The van der Waals surface area contributed by atoms with Gasteiger partial charge in [0.05, 0.1) is 25.5 Å². The zero-order valence-electron chi connectivity index (χ0n) is 13.0. The molecule has 0 unspecified atom stereocenters. The van der Waals surface area contributed by atoms with Crippen LogP contribution in [0.5, 0.6) is 5.75 Å². The molecule has 2 N–H and O–H groups in total. The molecule has 0 fully saturated rings. The van der Waals surface area contributed by atoms with Gasteiger partial charge in [0.1, 0.15) is 5.75 Å². The maximum atomic E-state index is 11.5. The molecule has 5 nitrogen and oxygen atoms in total. The summed E-state index contributed by atoms with van der Waals surface area (Å²) in [5.74, 6) is 1.04. The first-order chi connectivity index (χ1) is 11.1. The topological polar surface area (TPSA) is 73.9 Å². The van der Waals surface area contributed by atoms with Gasteiger partial charge in [-0.25, -0.2) is 9.79 Å². The van der Waals surface area contributed by atoms with Gasteiger partial charge in [0.2, 0.25) is 0 Å². The number of carbonyl (C=O) groups excluding carboxylic acids is 1. The normalized spacial score (nSPS) is 11.1. The van der Waals surface area contributed by atoms with Crippen LogP contribution < -0.4 is 10.5 Å². The first kappa shape index (κ1) is 16.9. The van der Waals surface area contributed by atoms with Gasteiger partial charge in [-0.05, 0) is 42.0 Å². The summed E-state index contributed by atoms with van der Waals surface area (Å²) in [7, 11) is 2.98. The van der Waals surface area contributed by atoms with Gasteiger partial charge < -0.3 is 15.2 Å². The predicted octanol–water partition coefficient (Wildman–Crippen LogP) is 3.36. The summed E-state index contributed by atoms with van der Waals surface area (Å²) in [5, 5.41) is 0.457. The van der Waals surface area contributed by atoms with Gasteiger partial charge in [-0.1, -0.05) is 23.9 Å². The van der Waals surface area contributed by atoms with Crippen molar-refractivity contribution in [3.05, 3.63) is 59.7 Å². The number of amidine groups is 1. The summed E-state index contributed by atoms with van der Waals surface area (Å²) >= 11 is 1.41. The van der Waals surface area contributed by atoms with Crippen molar-refractivity contribution in [3.8, 4) is 5.75 Å². The Morgan fingerprint density at radius 2 is 1.91 bits per heavy atom. The van der Waals surface area contributed by atoms with Crippen LogP contribution in [-0.4, -0.2) is 25.4 Å². The first-order valence-corrected chi connectivity index (χ1v) is 7.89. The van der Waals surface area contributed by atoms with Crippen molar-refractivity contribution in [2.24, 2.45) is 10.7 Å². The number of benzene rings is 2. The highest BCUT2D eigenvalue weighted by atomic mass is 32.2. The number of esters is 1. The van der Waals surface area contributed by atoms with Gasteiger partial charge in [0.25, 0.3) is 0 Å². The smallest absolute Gasteiger partial charge is 0.337 e. The second kappa shape index (κ2) is 8.24. The quantitative estimate of drug-likeness (QED) is 0.517. The van der Waals surface area contributed by atoms with Crippen molar-refractivity contribution in [2.45, 2.75) is 5.75 Å². The molecule has 120 valence electrons. The van der Waals surface area contributed by atoms with Gasteiger partial charge >= 0.3 is 5.97 Å². The molecule has 23 heavy (non-hydrogen) atoms. The molecular weight excluding hydrogens is 312 g/mol. The van der Waals surface area contributed by atoms with E-state index in [1.807, 2.05) is 36.4 Å². The first-order valence-electron chi connectivity index (χ1n) is 6.90. The molecule has 0 saturated carbocycles. The molecule has 0 spiro atoms. The van der Waals surface area contributed by atoms with Crippen LogP contribution >= 0.6 is 11.8 Å². The van der Waals surface area contributed by atoms with Gasteiger partial charge in [-0.3, -0.25) is 0 Å². The summed E-state index contributed by atoms with van der Waals surface area (Å²) in [6, 6.07) is 14.6. The van der Waals surface area contributed by atoms with Crippen LogP contribution in [0.1, 0.15) is 15.9 Å². The van der Waals surface area contributed by atoms with Crippen LogP contribution in [0.15, 0.2) is 53.5 Å². The number of carbonyl (C=O) groups is 1. The summed E-state index contributed by atoms with van der Waals surface area (Å²) in [4.78, 5) is 15.8. The molecule has 0 heterocycles. The Balaban J connectivity index is 1.99. The minimum atomic E-state index is -0.350. The van der Waals surface area contributed by atoms with E-state index in [4.69, 9.17) is 15.2 Å². The minimum Gasteiger partial charge on any atom is -0.497 e. The number of ether oxygens (including phenoxy) is 2. The van der Waals surface area contributed by atoms with Crippen LogP contribution in [0, 0.1) is 0 Å². The maximum absolute atomic E-state index is 11.5. The van der Waals surface area contributed by atoms with Crippen LogP contribution in [-0.2, 0) is 10.5 Å². The largest absolute Gasteiger partial charge is 0.497 e. The highest BCUT2D eigenvalue weighted by molar-refractivity contribution is 8.13. The van der Waals surface area contributed by atoms with E-state index in [1.165, 1.54) is 18.9 Å². The number of nitrogens with two attached hydrogens (primary N) is 1. The molecule has 0 aliphatic rings. The molecule has 0 amide bonds. The van der Waals surface area contributed by atoms with Gasteiger partial charge in [0, 0.05) is 5.75 Å². The molecule has 2 rings (SSSR count). The fourth-order valence-corrected chi connectivity index (χ4v) is 2.54. The maximum Gasteiger partial charge on any atom is 0.337 e. The summed E-state index contributed by atoms with van der Waals surface area (Å²) < 4.78 is 9.81. The molecule has 0 atom stereocenters. The number of hydrogen-bond acceptors (Lipinski definition) is 5. The van der Waals surface area contributed by atoms with Gasteiger partial charge in [-0.15, -0.1) is 0 Å². The average Bonchev–Trinajstić information content (AvgIpc) is 2.60. The van der Waals surface area contributed by atoms with Gasteiger partial charge in [-0.2, -0.15) is 0 Å². The second-order valence-corrected chi connectivity index (χ2v) is 5.62. The lowest BCUT2D eigenvalue weighted by atomic mass is 10.1. The number of thioether (sulfide) groups is 1. The van der Waals surface area contributed by atoms with Crippen molar-refractivity contribution in [1.82, 2.24) is 0 Å². The monoisotopic (exact) mass is 330 g/mol. The number of hydrogen-bond donors (Lipinski definition) is 1. The Morgan fingerprint density at radius 1 is 1.17 bits per heavy atom. The van der Waals surface area contributed by atoms with Crippen molar-refractivity contribution >= 4 is 28.6 Å². The summed E-state index contributed by atoms with van der Waals surface area (Å²) in [6.07, 6.45) is 0. The van der Waals surface area contributed by atoms with E-state index in [1.54, 1.807) is 19.2 Å². The highest BCUT2D eigenvalue weighted by Crippen LogP contribution is 2.20. The van der Waals surface area contributed by atoms with Crippen LogP contribution in [0.3, 0.4) is 0 Å². The lowest BCUT2D eigenvalue weighted by Gasteiger charge is -2.04. The molecule has 0 radical (unpaired) electrons. The van der Waals surface area contributed by atoms with E-state index < -0.39 is 0 Å². The summed E-state index contributed by atoms with van der Waals surface area (Å²) in [6.45, 7) is 0. The minimum absolute atomic E-state index is 0.350. The lowest BCUT2D eigenvalue weighted by molar-refractivity contribution is 0.0600. The van der Waals surface area contributed by atoms with Crippen molar-refractivity contribution < 1.29 is 14.3 Å². The van der Waals surface area contributed by atoms with Crippen LogP contribution in [0.2, 0.25) is 0 Å². The molecule has 0 aliphatic carbocycles. The fraction of sp³-hybridized carbons (Fsp3) is 0.176. The Kier molecular flexibility index (Phi) is 6.05. The van der Waals surface area contributed by atoms with E-state index in [0.29, 0.717) is 16.5 Å². The standard InChI is InChI=1S/C17H18N2O3S/c1-21-15-8-6-14(7-9-15)19-17(18)23-11-12-4-3-5-13(10-12)16(20)22-2/h3-10H,11H2,1-2H3,(H2,18,19). The van der Waals surface area contributed by atoms with Crippen molar-refractivity contribution in [1.29, 1.82) is 0 Å². The summed E-state index contributed by atoms with van der Waals surface area (Å²) in [5.41, 5.74) is 8.20. The third-order valence-corrected chi connectivity index (χ3v) is 3.91. The molecule has 0 saturated heterocycles. The zero-order chi connectivity index (χ0) is 16.7. The second-order valence-electron chi connectivity index (χ2n) is 4.63. The fourth-order valence-electron chi connectivity index (χ4n) is 1.88. The molecule has 0 aromatic heterocycles. The van der Waals surface area contributed by atoms with E-state index in [0.717, 1.165) is 17.0 Å². The SMILES string of the molecule is COC(=O)c1cccc(CSC(N)=Nc2ccc(OC)cc2)c1. The molecule has 6 heteroatoms. The Bertz CT molecular complexity index is 699. The molecule has 2 aromatic rings. The van der Waals surface area contributed by atoms with E-state index in [9.17, 15) is 4.79 Å². The van der Waals surface area contributed by atoms with E-state index in [-0.39, 0.29) is 5.97 Å².